The van der Waals surface area contributed by atoms with Gasteiger partial charge in [-0.25, -0.2) is 4.99 Å². The minimum atomic E-state index is 0.107. The Labute approximate surface area is 152 Å². The summed E-state index contributed by atoms with van der Waals surface area (Å²) in [4.78, 5) is 18.7. The Morgan fingerprint density at radius 1 is 1.00 bits per heavy atom. The molecule has 1 heterocycles. The Hall–Kier alpha value is -1.68. The Morgan fingerprint density at radius 2 is 1.64 bits per heavy atom. The van der Waals surface area contributed by atoms with E-state index in [4.69, 9.17) is 0 Å². The topological polar surface area (TPSA) is 44.7 Å². The van der Waals surface area contributed by atoms with Crippen LogP contribution in [0.2, 0.25) is 0 Å². The van der Waals surface area contributed by atoms with E-state index in [1.54, 1.807) is 0 Å². The SMILES string of the molecule is CN(C)CCCCCCCCCCC(=O)NC1=Nc2ccccc2C1. The lowest BCUT2D eigenvalue weighted by molar-refractivity contribution is -0.119. The van der Waals surface area contributed by atoms with Crippen LogP contribution in [0, 0.1) is 0 Å². The van der Waals surface area contributed by atoms with E-state index in [1.165, 1.54) is 50.6 Å². The van der Waals surface area contributed by atoms with Gasteiger partial charge in [0, 0.05) is 12.8 Å². The molecule has 0 fully saturated rings. The molecule has 1 aliphatic heterocycles. The van der Waals surface area contributed by atoms with Gasteiger partial charge in [0.15, 0.2) is 0 Å². The Kier molecular flexibility index (Phi) is 8.67. The zero-order valence-corrected chi connectivity index (χ0v) is 15.9. The van der Waals surface area contributed by atoms with E-state index in [2.05, 4.69) is 35.4 Å². The van der Waals surface area contributed by atoms with Gasteiger partial charge >= 0.3 is 0 Å². The molecule has 1 N–H and O–H groups in total. The van der Waals surface area contributed by atoms with Gasteiger partial charge in [0.05, 0.1) is 5.69 Å². The summed E-state index contributed by atoms with van der Waals surface area (Å²) in [6, 6.07) is 8.06. The number of rotatable bonds is 11. The Morgan fingerprint density at radius 3 is 2.32 bits per heavy atom. The highest BCUT2D eigenvalue weighted by Crippen LogP contribution is 2.25. The molecule has 2 rings (SSSR count). The van der Waals surface area contributed by atoms with Gasteiger partial charge in [0.25, 0.3) is 0 Å². The first-order valence-electron chi connectivity index (χ1n) is 9.75. The molecule has 0 spiro atoms. The second kappa shape index (κ2) is 11.0. The van der Waals surface area contributed by atoms with Gasteiger partial charge in [-0.3, -0.25) is 4.79 Å². The Balaban J connectivity index is 1.45. The molecule has 1 aliphatic rings. The second-order valence-electron chi connectivity index (χ2n) is 7.29. The molecular formula is C21H33N3O. The summed E-state index contributed by atoms with van der Waals surface area (Å²) in [5, 5.41) is 2.97. The van der Waals surface area contributed by atoms with Crippen molar-refractivity contribution in [3.05, 3.63) is 29.8 Å². The predicted octanol–water partition coefficient (Wildman–Crippen LogP) is 4.46. The fourth-order valence-corrected chi connectivity index (χ4v) is 3.20. The van der Waals surface area contributed by atoms with Crippen molar-refractivity contribution in [3.8, 4) is 0 Å². The van der Waals surface area contributed by atoms with E-state index in [0.717, 1.165) is 30.8 Å². The van der Waals surface area contributed by atoms with Crippen LogP contribution in [0.25, 0.3) is 0 Å². The van der Waals surface area contributed by atoms with Gasteiger partial charge in [-0.2, -0.15) is 0 Å². The molecule has 0 unspecified atom stereocenters. The largest absolute Gasteiger partial charge is 0.314 e. The number of carbonyl (C=O) groups excluding carboxylic acids is 1. The number of carbonyl (C=O) groups is 1. The van der Waals surface area contributed by atoms with Crippen molar-refractivity contribution in [1.82, 2.24) is 10.2 Å². The lowest BCUT2D eigenvalue weighted by atomic mass is 10.1. The maximum atomic E-state index is 12.0. The number of amidine groups is 1. The van der Waals surface area contributed by atoms with E-state index in [9.17, 15) is 4.79 Å². The first-order valence-corrected chi connectivity index (χ1v) is 9.75. The van der Waals surface area contributed by atoms with Gasteiger partial charge in [-0.15, -0.1) is 0 Å². The molecule has 0 saturated heterocycles. The number of amides is 1. The maximum absolute atomic E-state index is 12.0. The third-order valence-electron chi connectivity index (χ3n) is 4.65. The van der Waals surface area contributed by atoms with Crippen molar-refractivity contribution in [3.63, 3.8) is 0 Å². The van der Waals surface area contributed by atoms with E-state index >= 15 is 0 Å². The van der Waals surface area contributed by atoms with Gasteiger partial charge < -0.3 is 10.2 Å². The van der Waals surface area contributed by atoms with E-state index in [0.29, 0.717) is 6.42 Å². The third-order valence-corrected chi connectivity index (χ3v) is 4.65. The van der Waals surface area contributed by atoms with Crippen LogP contribution in [0.15, 0.2) is 29.3 Å². The zero-order valence-electron chi connectivity index (χ0n) is 15.9. The van der Waals surface area contributed by atoms with Gasteiger partial charge in [0.1, 0.15) is 5.84 Å². The van der Waals surface area contributed by atoms with E-state index < -0.39 is 0 Å². The first-order chi connectivity index (χ1) is 12.1. The van der Waals surface area contributed by atoms with E-state index in [1.807, 2.05) is 18.2 Å². The molecular weight excluding hydrogens is 310 g/mol. The number of hydrogen-bond donors (Lipinski definition) is 1. The maximum Gasteiger partial charge on any atom is 0.225 e. The lowest BCUT2D eigenvalue weighted by Gasteiger charge is -2.08. The summed E-state index contributed by atoms with van der Waals surface area (Å²) in [6.07, 6.45) is 11.3. The summed E-state index contributed by atoms with van der Waals surface area (Å²) in [6.45, 7) is 1.20. The van der Waals surface area contributed by atoms with Crippen molar-refractivity contribution >= 4 is 17.4 Å². The number of nitrogens with one attached hydrogen (secondary N) is 1. The number of unbranched alkanes of at least 4 members (excludes halogenated alkanes) is 7. The van der Waals surface area contributed by atoms with Crippen LogP contribution in [0.3, 0.4) is 0 Å². The number of hydrogen-bond acceptors (Lipinski definition) is 3. The number of nitrogens with zero attached hydrogens (tertiary/aromatic N) is 2. The molecule has 0 aromatic heterocycles. The van der Waals surface area contributed by atoms with Crippen molar-refractivity contribution < 1.29 is 4.79 Å². The number of fused-ring (bicyclic) bond motifs is 1. The summed E-state index contributed by atoms with van der Waals surface area (Å²) < 4.78 is 0. The molecule has 4 heteroatoms. The summed E-state index contributed by atoms with van der Waals surface area (Å²) in [5.74, 6) is 0.902. The molecule has 1 amide bonds. The molecule has 4 nitrogen and oxygen atoms in total. The monoisotopic (exact) mass is 343 g/mol. The summed E-state index contributed by atoms with van der Waals surface area (Å²) >= 11 is 0. The fraction of sp³-hybridized carbons (Fsp3) is 0.619. The standard InChI is InChI=1S/C21H33N3O/c1-24(2)16-12-8-6-4-3-5-7-9-15-21(25)23-20-17-18-13-10-11-14-19(18)22-20/h10-11,13-14H,3-9,12,15-17H2,1-2H3,(H,22,23,25). The number of benzene rings is 1. The summed E-state index contributed by atoms with van der Waals surface area (Å²) in [7, 11) is 4.27. The van der Waals surface area contributed by atoms with Crippen LogP contribution < -0.4 is 5.32 Å². The average Bonchev–Trinajstić information content (AvgIpc) is 2.98. The smallest absolute Gasteiger partial charge is 0.225 e. The quantitative estimate of drug-likeness (QED) is 0.603. The molecule has 0 aliphatic carbocycles. The molecule has 138 valence electrons. The average molecular weight is 344 g/mol. The van der Waals surface area contributed by atoms with Crippen LogP contribution >= 0.6 is 0 Å². The molecule has 0 atom stereocenters. The first kappa shape index (κ1) is 19.6. The number of aliphatic imine (C=N–C) groups is 1. The van der Waals surface area contributed by atoms with E-state index in [-0.39, 0.29) is 5.91 Å². The molecule has 0 saturated carbocycles. The Bertz CT molecular complexity index is 566. The second-order valence-corrected chi connectivity index (χ2v) is 7.29. The molecule has 0 radical (unpaired) electrons. The van der Waals surface area contributed by atoms with Crippen LogP contribution in [0.5, 0.6) is 0 Å². The highest BCUT2D eigenvalue weighted by molar-refractivity contribution is 6.02. The molecule has 25 heavy (non-hydrogen) atoms. The van der Waals surface area contributed by atoms with Crippen LogP contribution in [0.4, 0.5) is 5.69 Å². The van der Waals surface area contributed by atoms with Crippen molar-refractivity contribution in [1.29, 1.82) is 0 Å². The third kappa shape index (κ3) is 7.82. The minimum absolute atomic E-state index is 0.107. The highest BCUT2D eigenvalue weighted by atomic mass is 16.1. The van der Waals surface area contributed by atoms with Crippen molar-refractivity contribution in [2.45, 2.75) is 64.2 Å². The van der Waals surface area contributed by atoms with Crippen molar-refractivity contribution in [2.75, 3.05) is 20.6 Å². The minimum Gasteiger partial charge on any atom is -0.314 e. The number of para-hydroxylation sites is 1. The summed E-state index contributed by atoms with van der Waals surface area (Å²) in [5.41, 5.74) is 2.19. The van der Waals surface area contributed by atoms with Crippen LogP contribution in [-0.4, -0.2) is 37.3 Å². The lowest BCUT2D eigenvalue weighted by Crippen LogP contribution is -2.30. The van der Waals surface area contributed by atoms with Gasteiger partial charge in [-0.05, 0) is 45.1 Å². The highest BCUT2D eigenvalue weighted by Gasteiger charge is 2.15. The van der Waals surface area contributed by atoms with Gasteiger partial charge in [-0.1, -0.05) is 56.7 Å². The normalized spacial score (nSPS) is 13.0. The van der Waals surface area contributed by atoms with Gasteiger partial charge in [0.2, 0.25) is 5.91 Å². The van der Waals surface area contributed by atoms with Crippen LogP contribution in [-0.2, 0) is 11.2 Å². The molecule has 0 bridgehead atoms. The predicted molar refractivity (Wildman–Crippen MR) is 105 cm³/mol. The van der Waals surface area contributed by atoms with Crippen molar-refractivity contribution in [2.24, 2.45) is 4.99 Å². The zero-order chi connectivity index (χ0) is 17.9. The fourth-order valence-electron chi connectivity index (χ4n) is 3.20. The molecule has 1 aromatic rings. The molecule has 1 aromatic carbocycles. The van der Waals surface area contributed by atoms with Crippen LogP contribution in [0.1, 0.15) is 63.4 Å².